The van der Waals surface area contributed by atoms with Crippen LogP contribution in [0.4, 0.5) is 0 Å². The van der Waals surface area contributed by atoms with Crippen molar-refractivity contribution in [3.05, 3.63) is 59.9 Å². The molecule has 0 radical (unpaired) electrons. The van der Waals surface area contributed by atoms with Gasteiger partial charge in [-0.05, 0) is 17.7 Å². The number of benzene rings is 1. The third-order valence-corrected chi connectivity index (χ3v) is 3.67. The summed E-state index contributed by atoms with van der Waals surface area (Å²) >= 11 is 0. The van der Waals surface area contributed by atoms with Gasteiger partial charge in [-0.25, -0.2) is 5.01 Å². The lowest BCUT2D eigenvalue weighted by Crippen LogP contribution is -2.47. The molecular formula is C17H17N5O3. The van der Waals surface area contributed by atoms with Gasteiger partial charge < -0.3 is 4.98 Å². The van der Waals surface area contributed by atoms with Gasteiger partial charge in [0.15, 0.2) is 0 Å². The molecule has 8 heteroatoms. The zero-order valence-electron chi connectivity index (χ0n) is 13.4. The molecule has 0 aliphatic carbocycles. The standard InChI is InChI=1S/C17H17N5O3/c23-15-9-8-14(21-22(15)11-12-5-2-1-3-6-12)17(25)20-19-16(24)13-7-4-10-18-13/h1-7,10,18H,8-9,11H2,(H,19,24)(H,20,25). The molecule has 3 N–H and O–H groups in total. The zero-order chi connectivity index (χ0) is 17.6. The molecule has 0 atom stereocenters. The van der Waals surface area contributed by atoms with E-state index in [2.05, 4.69) is 20.9 Å². The van der Waals surface area contributed by atoms with Gasteiger partial charge in [-0.15, -0.1) is 0 Å². The number of hydrazone groups is 1. The fourth-order valence-electron chi connectivity index (χ4n) is 2.37. The molecule has 0 spiro atoms. The monoisotopic (exact) mass is 339 g/mol. The van der Waals surface area contributed by atoms with E-state index in [1.54, 1.807) is 18.3 Å². The molecule has 0 unspecified atom stereocenters. The molecule has 0 saturated heterocycles. The summed E-state index contributed by atoms with van der Waals surface area (Å²) in [6, 6.07) is 12.7. The molecule has 0 fully saturated rings. The molecule has 128 valence electrons. The number of H-pyrrole nitrogens is 1. The summed E-state index contributed by atoms with van der Waals surface area (Å²) in [6.07, 6.45) is 2.03. The Bertz CT molecular complexity index is 799. The summed E-state index contributed by atoms with van der Waals surface area (Å²) in [5.41, 5.74) is 6.06. The number of aromatic nitrogens is 1. The van der Waals surface area contributed by atoms with E-state index in [0.29, 0.717) is 12.2 Å². The minimum Gasteiger partial charge on any atom is -0.357 e. The van der Waals surface area contributed by atoms with Crippen LogP contribution in [0.1, 0.15) is 28.9 Å². The third-order valence-electron chi connectivity index (χ3n) is 3.67. The normalized spacial score (nSPS) is 14.0. The van der Waals surface area contributed by atoms with Crippen LogP contribution >= 0.6 is 0 Å². The van der Waals surface area contributed by atoms with Gasteiger partial charge in [-0.3, -0.25) is 25.2 Å². The van der Waals surface area contributed by atoms with Crippen LogP contribution in [0.2, 0.25) is 0 Å². The first kappa shape index (κ1) is 16.4. The number of carbonyl (C=O) groups excluding carboxylic acids is 3. The summed E-state index contributed by atoms with van der Waals surface area (Å²) in [4.78, 5) is 38.7. The van der Waals surface area contributed by atoms with E-state index in [9.17, 15) is 14.4 Å². The lowest BCUT2D eigenvalue weighted by molar-refractivity contribution is -0.132. The molecule has 0 saturated carbocycles. The Morgan fingerprint density at radius 1 is 1.04 bits per heavy atom. The molecule has 1 aromatic heterocycles. The number of rotatable bonds is 4. The summed E-state index contributed by atoms with van der Waals surface area (Å²) in [5.74, 6) is -1.15. The molecule has 8 nitrogen and oxygen atoms in total. The maximum absolute atomic E-state index is 12.2. The molecular weight excluding hydrogens is 322 g/mol. The second-order valence-corrected chi connectivity index (χ2v) is 5.48. The highest BCUT2D eigenvalue weighted by molar-refractivity contribution is 6.39. The number of amides is 3. The topological polar surface area (TPSA) is 107 Å². The predicted molar refractivity (Wildman–Crippen MR) is 90.1 cm³/mol. The smallest absolute Gasteiger partial charge is 0.286 e. The Morgan fingerprint density at radius 2 is 1.80 bits per heavy atom. The van der Waals surface area contributed by atoms with E-state index < -0.39 is 11.8 Å². The van der Waals surface area contributed by atoms with Crippen LogP contribution in [0, 0.1) is 0 Å². The van der Waals surface area contributed by atoms with Crippen molar-refractivity contribution in [1.29, 1.82) is 0 Å². The molecule has 3 rings (SSSR count). The van der Waals surface area contributed by atoms with E-state index in [4.69, 9.17) is 0 Å². The van der Waals surface area contributed by atoms with Crippen molar-refractivity contribution >= 4 is 23.4 Å². The number of nitrogens with one attached hydrogen (secondary N) is 3. The van der Waals surface area contributed by atoms with Gasteiger partial charge in [0, 0.05) is 19.0 Å². The second-order valence-electron chi connectivity index (χ2n) is 5.48. The molecule has 2 aromatic rings. The third kappa shape index (κ3) is 4.11. The first-order valence-electron chi connectivity index (χ1n) is 7.79. The summed E-state index contributed by atoms with van der Waals surface area (Å²) in [7, 11) is 0. The Kier molecular flexibility index (Phi) is 4.89. The van der Waals surface area contributed by atoms with Crippen molar-refractivity contribution in [2.75, 3.05) is 0 Å². The van der Waals surface area contributed by atoms with Gasteiger partial charge in [-0.2, -0.15) is 5.10 Å². The number of nitrogens with zero attached hydrogens (tertiary/aromatic N) is 2. The van der Waals surface area contributed by atoms with Crippen molar-refractivity contribution in [1.82, 2.24) is 20.8 Å². The van der Waals surface area contributed by atoms with E-state index in [0.717, 1.165) is 5.56 Å². The first-order chi connectivity index (χ1) is 12.1. The molecule has 1 aromatic carbocycles. The Labute approximate surface area is 143 Å². The van der Waals surface area contributed by atoms with E-state index >= 15 is 0 Å². The predicted octanol–water partition coefficient (Wildman–Crippen LogP) is 0.954. The molecule has 3 amide bonds. The number of carbonyl (C=O) groups is 3. The highest BCUT2D eigenvalue weighted by Gasteiger charge is 2.24. The highest BCUT2D eigenvalue weighted by Crippen LogP contribution is 2.13. The van der Waals surface area contributed by atoms with Gasteiger partial charge in [0.05, 0.1) is 6.54 Å². The fraction of sp³-hybridized carbons (Fsp3) is 0.176. The van der Waals surface area contributed by atoms with Crippen molar-refractivity contribution < 1.29 is 14.4 Å². The largest absolute Gasteiger partial charge is 0.357 e. The van der Waals surface area contributed by atoms with Crippen molar-refractivity contribution in [3.8, 4) is 0 Å². The van der Waals surface area contributed by atoms with Gasteiger partial charge in [0.2, 0.25) is 5.91 Å². The van der Waals surface area contributed by atoms with Crippen LogP contribution in [-0.4, -0.2) is 33.4 Å². The van der Waals surface area contributed by atoms with Crippen LogP contribution in [0.15, 0.2) is 53.8 Å². The molecule has 1 aliphatic rings. The maximum Gasteiger partial charge on any atom is 0.286 e. The fourth-order valence-corrected chi connectivity index (χ4v) is 2.37. The minimum absolute atomic E-state index is 0.143. The highest BCUT2D eigenvalue weighted by atomic mass is 16.2. The Balaban J connectivity index is 1.62. The van der Waals surface area contributed by atoms with E-state index in [1.807, 2.05) is 30.3 Å². The summed E-state index contributed by atoms with van der Waals surface area (Å²) in [6.45, 7) is 0.297. The van der Waals surface area contributed by atoms with Gasteiger partial charge >= 0.3 is 0 Å². The molecule has 0 bridgehead atoms. The summed E-state index contributed by atoms with van der Waals surface area (Å²) < 4.78 is 0. The van der Waals surface area contributed by atoms with Crippen LogP contribution in [0.25, 0.3) is 0 Å². The average molecular weight is 339 g/mol. The summed E-state index contributed by atoms with van der Waals surface area (Å²) in [5, 5.41) is 5.41. The molecule has 2 heterocycles. The quantitative estimate of drug-likeness (QED) is 0.722. The lowest BCUT2D eigenvalue weighted by Gasteiger charge is -2.23. The average Bonchev–Trinajstić information content (AvgIpc) is 3.17. The SMILES string of the molecule is O=C(NNC(=O)c1ccc[nH]1)C1=NN(Cc2ccccc2)C(=O)CC1. The maximum atomic E-state index is 12.2. The first-order valence-corrected chi connectivity index (χ1v) is 7.79. The molecule has 1 aliphatic heterocycles. The number of aromatic amines is 1. The number of hydrogen-bond donors (Lipinski definition) is 3. The van der Waals surface area contributed by atoms with Crippen LogP contribution in [-0.2, 0) is 16.1 Å². The van der Waals surface area contributed by atoms with Gasteiger partial charge in [0.25, 0.3) is 11.8 Å². The zero-order valence-corrected chi connectivity index (χ0v) is 13.4. The number of hydrogen-bond acceptors (Lipinski definition) is 4. The molecule has 25 heavy (non-hydrogen) atoms. The van der Waals surface area contributed by atoms with Crippen molar-refractivity contribution in [3.63, 3.8) is 0 Å². The Morgan fingerprint density at radius 3 is 2.52 bits per heavy atom. The van der Waals surface area contributed by atoms with Crippen molar-refractivity contribution in [2.24, 2.45) is 5.10 Å². The number of hydrazine groups is 1. The van der Waals surface area contributed by atoms with Gasteiger partial charge in [0.1, 0.15) is 11.4 Å². The minimum atomic E-state index is -0.537. The van der Waals surface area contributed by atoms with Crippen LogP contribution < -0.4 is 10.9 Å². The lowest BCUT2D eigenvalue weighted by atomic mass is 10.1. The van der Waals surface area contributed by atoms with Crippen LogP contribution in [0.3, 0.4) is 0 Å². The van der Waals surface area contributed by atoms with Crippen molar-refractivity contribution in [2.45, 2.75) is 19.4 Å². The van der Waals surface area contributed by atoms with Gasteiger partial charge in [-0.1, -0.05) is 30.3 Å². The van der Waals surface area contributed by atoms with Crippen LogP contribution in [0.5, 0.6) is 0 Å². The van der Waals surface area contributed by atoms with E-state index in [1.165, 1.54) is 5.01 Å². The van der Waals surface area contributed by atoms with E-state index in [-0.39, 0.29) is 24.5 Å². The Hall–Kier alpha value is -3.42. The second kappa shape index (κ2) is 7.43.